The van der Waals surface area contributed by atoms with E-state index in [-0.39, 0.29) is 11.4 Å². The van der Waals surface area contributed by atoms with Gasteiger partial charge in [0.25, 0.3) is 0 Å². The van der Waals surface area contributed by atoms with Crippen LogP contribution in [0.4, 0.5) is 19.0 Å². The number of aromatic nitrogens is 2. The van der Waals surface area contributed by atoms with Crippen LogP contribution in [0, 0.1) is 17.5 Å². The number of rotatable bonds is 2. The Morgan fingerprint density at radius 1 is 1.12 bits per heavy atom. The fourth-order valence-corrected chi connectivity index (χ4v) is 1.32. The van der Waals surface area contributed by atoms with Crippen molar-refractivity contribution < 1.29 is 13.2 Å². The summed E-state index contributed by atoms with van der Waals surface area (Å²) >= 11 is 0. The molecule has 3 nitrogen and oxygen atoms in total. The summed E-state index contributed by atoms with van der Waals surface area (Å²) in [7, 11) is 1.65. The van der Waals surface area contributed by atoms with E-state index in [1.807, 2.05) is 0 Å². The standard InChI is InChI=1S/C11H8F3N3/c1-15-9-2-3-16-11(17-9)6-4-7(12)10(14)8(13)5-6/h2-5H,1H3,(H,15,16,17). The lowest BCUT2D eigenvalue weighted by molar-refractivity contribution is 0.447. The maximum absolute atomic E-state index is 13.0. The zero-order chi connectivity index (χ0) is 12.4. The molecule has 0 aliphatic carbocycles. The van der Waals surface area contributed by atoms with Crippen LogP contribution in [0.1, 0.15) is 0 Å². The van der Waals surface area contributed by atoms with Gasteiger partial charge in [-0.15, -0.1) is 0 Å². The summed E-state index contributed by atoms with van der Waals surface area (Å²) in [6, 6.07) is 3.31. The van der Waals surface area contributed by atoms with Crippen LogP contribution in [0.3, 0.4) is 0 Å². The van der Waals surface area contributed by atoms with Gasteiger partial charge in [-0.25, -0.2) is 23.1 Å². The summed E-state index contributed by atoms with van der Waals surface area (Å²) in [4.78, 5) is 7.86. The van der Waals surface area contributed by atoms with Gasteiger partial charge >= 0.3 is 0 Å². The van der Waals surface area contributed by atoms with Gasteiger partial charge in [-0.1, -0.05) is 0 Å². The quantitative estimate of drug-likeness (QED) is 0.818. The third-order valence-corrected chi connectivity index (χ3v) is 2.15. The first-order valence-electron chi connectivity index (χ1n) is 4.77. The molecule has 0 fully saturated rings. The average molecular weight is 239 g/mol. The molecule has 0 amide bonds. The van der Waals surface area contributed by atoms with E-state index in [0.717, 1.165) is 12.1 Å². The Balaban J connectivity index is 2.52. The van der Waals surface area contributed by atoms with Crippen LogP contribution in [0.15, 0.2) is 24.4 Å². The van der Waals surface area contributed by atoms with Gasteiger partial charge < -0.3 is 5.32 Å². The molecule has 0 saturated heterocycles. The molecule has 1 N–H and O–H groups in total. The Bertz CT molecular complexity index is 534. The third-order valence-electron chi connectivity index (χ3n) is 2.15. The normalized spacial score (nSPS) is 10.4. The van der Waals surface area contributed by atoms with E-state index in [9.17, 15) is 13.2 Å². The molecule has 0 aliphatic heterocycles. The number of nitrogens with zero attached hydrogens (tertiary/aromatic N) is 2. The van der Waals surface area contributed by atoms with Gasteiger partial charge in [0.15, 0.2) is 23.3 Å². The minimum atomic E-state index is -1.50. The fraction of sp³-hybridized carbons (Fsp3) is 0.0909. The van der Waals surface area contributed by atoms with Crippen molar-refractivity contribution in [2.45, 2.75) is 0 Å². The van der Waals surface area contributed by atoms with Gasteiger partial charge in [0.2, 0.25) is 0 Å². The van der Waals surface area contributed by atoms with Gasteiger partial charge in [-0.3, -0.25) is 0 Å². The molecule has 1 heterocycles. The van der Waals surface area contributed by atoms with Crippen molar-refractivity contribution in [3.05, 3.63) is 41.8 Å². The molecule has 1 aromatic heterocycles. The number of anilines is 1. The molecule has 0 atom stereocenters. The van der Waals surface area contributed by atoms with Crippen molar-refractivity contribution in [3.63, 3.8) is 0 Å². The minimum absolute atomic E-state index is 0.0819. The molecule has 6 heteroatoms. The maximum atomic E-state index is 13.0. The van der Waals surface area contributed by atoms with E-state index < -0.39 is 17.5 Å². The summed E-state index contributed by atoms with van der Waals surface area (Å²) in [6.45, 7) is 0. The smallest absolute Gasteiger partial charge is 0.194 e. The topological polar surface area (TPSA) is 37.8 Å². The second-order valence-corrected chi connectivity index (χ2v) is 3.27. The molecule has 17 heavy (non-hydrogen) atoms. The molecular weight excluding hydrogens is 231 g/mol. The first-order chi connectivity index (χ1) is 8.11. The van der Waals surface area contributed by atoms with E-state index >= 15 is 0 Å². The summed E-state index contributed by atoms with van der Waals surface area (Å²) in [5.41, 5.74) is 0.0819. The zero-order valence-electron chi connectivity index (χ0n) is 8.84. The molecule has 88 valence electrons. The summed E-state index contributed by atoms with van der Waals surface area (Å²) in [6.07, 6.45) is 1.44. The molecular formula is C11H8F3N3. The third kappa shape index (κ3) is 2.20. The Morgan fingerprint density at radius 2 is 1.76 bits per heavy atom. The summed E-state index contributed by atoms with van der Waals surface area (Å²) in [5.74, 6) is -3.41. The summed E-state index contributed by atoms with van der Waals surface area (Å²) in [5, 5.41) is 2.77. The van der Waals surface area contributed by atoms with E-state index in [1.165, 1.54) is 6.20 Å². The van der Waals surface area contributed by atoms with Crippen molar-refractivity contribution in [2.24, 2.45) is 0 Å². The SMILES string of the molecule is CNc1ccnc(-c2cc(F)c(F)c(F)c2)n1. The van der Waals surface area contributed by atoms with Crippen LogP contribution >= 0.6 is 0 Å². The Kier molecular flexibility index (Phi) is 2.95. The number of hydrogen-bond acceptors (Lipinski definition) is 3. The Labute approximate surface area is 95.3 Å². The van der Waals surface area contributed by atoms with Crippen LogP contribution in [0.25, 0.3) is 11.4 Å². The second kappa shape index (κ2) is 4.40. The van der Waals surface area contributed by atoms with E-state index in [2.05, 4.69) is 15.3 Å². The second-order valence-electron chi connectivity index (χ2n) is 3.27. The molecule has 0 aliphatic rings. The van der Waals surface area contributed by atoms with Crippen molar-refractivity contribution in [2.75, 3.05) is 12.4 Å². The van der Waals surface area contributed by atoms with Crippen LogP contribution in [-0.4, -0.2) is 17.0 Å². The van der Waals surface area contributed by atoms with Gasteiger partial charge in [0.1, 0.15) is 5.82 Å². The molecule has 0 spiro atoms. The van der Waals surface area contributed by atoms with Crippen LogP contribution in [0.5, 0.6) is 0 Å². The molecule has 2 rings (SSSR count). The molecule has 1 aromatic carbocycles. The Morgan fingerprint density at radius 3 is 2.35 bits per heavy atom. The summed E-state index contributed by atoms with van der Waals surface area (Å²) < 4.78 is 38.8. The molecule has 0 saturated carbocycles. The van der Waals surface area contributed by atoms with E-state index in [4.69, 9.17) is 0 Å². The highest BCUT2D eigenvalue weighted by atomic mass is 19.2. The van der Waals surface area contributed by atoms with E-state index in [1.54, 1.807) is 13.1 Å². The Hall–Kier alpha value is -2.11. The predicted octanol–water partition coefficient (Wildman–Crippen LogP) is 2.60. The van der Waals surface area contributed by atoms with Gasteiger partial charge in [-0.05, 0) is 18.2 Å². The van der Waals surface area contributed by atoms with Crippen molar-refractivity contribution >= 4 is 5.82 Å². The van der Waals surface area contributed by atoms with Gasteiger partial charge in [0, 0.05) is 18.8 Å². The van der Waals surface area contributed by atoms with Crippen molar-refractivity contribution in [3.8, 4) is 11.4 Å². The highest BCUT2D eigenvalue weighted by molar-refractivity contribution is 5.57. The highest BCUT2D eigenvalue weighted by Crippen LogP contribution is 2.21. The lowest BCUT2D eigenvalue weighted by Gasteiger charge is -2.04. The first-order valence-corrected chi connectivity index (χ1v) is 4.77. The lowest BCUT2D eigenvalue weighted by atomic mass is 10.2. The largest absolute Gasteiger partial charge is 0.373 e. The highest BCUT2D eigenvalue weighted by Gasteiger charge is 2.13. The van der Waals surface area contributed by atoms with Crippen molar-refractivity contribution in [1.29, 1.82) is 0 Å². The van der Waals surface area contributed by atoms with Crippen LogP contribution in [-0.2, 0) is 0 Å². The number of nitrogens with one attached hydrogen (secondary N) is 1. The van der Waals surface area contributed by atoms with Crippen LogP contribution in [0.2, 0.25) is 0 Å². The van der Waals surface area contributed by atoms with Crippen molar-refractivity contribution in [1.82, 2.24) is 9.97 Å². The monoisotopic (exact) mass is 239 g/mol. The molecule has 0 unspecified atom stereocenters. The maximum Gasteiger partial charge on any atom is 0.194 e. The zero-order valence-corrected chi connectivity index (χ0v) is 8.84. The lowest BCUT2D eigenvalue weighted by Crippen LogP contribution is -1.98. The van der Waals surface area contributed by atoms with E-state index in [0.29, 0.717) is 5.82 Å². The molecule has 0 radical (unpaired) electrons. The molecule has 2 aromatic rings. The number of benzene rings is 1. The average Bonchev–Trinajstić information content (AvgIpc) is 2.35. The van der Waals surface area contributed by atoms with Gasteiger partial charge in [0.05, 0.1) is 0 Å². The predicted molar refractivity (Wildman–Crippen MR) is 56.9 cm³/mol. The number of halogens is 3. The molecule has 0 bridgehead atoms. The first kappa shape index (κ1) is 11.4. The fourth-order valence-electron chi connectivity index (χ4n) is 1.32. The van der Waals surface area contributed by atoms with Gasteiger partial charge in [-0.2, -0.15) is 0 Å². The minimum Gasteiger partial charge on any atom is -0.373 e. The van der Waals surface area contributed by atoms with Crippen LogP contribution < -0.4 is 5.32 Å². The number of hydrogen-bond donors (Lipinski definition) is 1.